The van der Waals surface area contributed by atoms with E-state index in [0.717, 1.165) is 37.6 Å². The van der Waals surface area contributed by atoms with Gasteiger partial charge in [0, 0.05) is 38.1 Å². The molecule has 0 bridgehead atoms. The smallest absolute Gasteiger partial charge is 0.156 e. The van der Waals surface area contributed by atoms with Crippen LogP contribution in [-0.4, -0.2) is 45.6 Å². The Kier molecular flexibility index (Phi) is 5.05. The summed E-state index contributed by atoms with van der Waals surface area (Å²) in [5.41, 5.74) is 1.99. The van der Waals surface area contributed by atoms with Crippen LogP contribution in [0.1, 0.15) is 44.1 Å². The summed E-state index contributed by atoms with van der Waals surface area (Å²) < 4.78 is 13.1. The SMILES string of the molecule is OC1=CN(C2CCCCCC2)CN2CCN(Cc3ccc(F)cc3)C=C12. The van der Waals surface area contributed by atoms with Crippen molar-refractivity contribution in [1.29, 1.82) is 0 Å². The highest BCUT2D eigenvalue weighted by molar-refractivity contribution is 5.28. The van der Waals surface area contributed by atoms with Crippen molar-refractivity contribution in [2.45, 2.75) is 51.1 Å². The molecule has 1 N–H and O–H groups in total. The third kappa shape index (κ3) is 3.81. The van der Waals surface area contributed by atoms with Gasteiger partial charge in [-0.1, -0.05) is 37.8 Å². The van der Waals surface area contributed by atoms with Crippen molar-refractivity contribution in [2.24, 2.45) is 0 Å². The van der Waals surface area contributed by atoms with Crippen molar-refractivity contribution in [3.05, 3.63) is 59.5 Å². The van der Waals surface area contributed by atoms with Crippen molar-refractivity contribution in [3.63, 3.8) is 0 Å². The van der Waals surface area contributed by atoms with Gasteiger partial charge in [-0.3, -0.25) is 0 Å². The molecule has 2 heterocycles. The fourth-order valence-corrected chi connectivity index (χ4v) is 4.28. The lowest BCUT2D eigenvalue weighted by Crippen LogP contribution is -2.48. The van der Waals surface area contributed by atoms with E-state index in [-0.39, 0.29) is 5.82 Å². The van der Waals surface area contributed by atoms with Gasteiger partial charge in [0.25, 0.3) is 0 Å². The molecule has 4 rings (SSSR count). The number of benzene rings is 1. The van der Waals surface area contributed by atoms with Crippen LogP contribution in [0.4, 0.5) is 4.39 Å². The van der Waals surface area contributed by atoms with Crippen LogP contribution in [0.15, 0.2) is 48.1 Å². The maximum Gasteiger partial charge on any atom is 0.156 e. The highest BCUT2D eigenvalue weighted by Crippen LogP contribution is 2.29. The lowest BCUT2D eigenvalue weighted by atomic mass is 10.1. The van der Waals surface area contributed by atoms with E-state index in [1.54, 1.807) is 0 Å². The van der Waals surface area contributed by atoms with Crippen LogP contribution in [0, 0.1) is 5.82 Å². The van der Waals surface area contributed by atoms with Gasteiger partial charge in [-0.05, 0) is 30.5 Å². The Balaban J connectivity index is 1.46. The fraction of sp³-hybridized carbons (Fsp3) is 0.524. The van der Waals surface area contributed by atoms with Gasteiger partial charge in [0.05, 0.1) is 12.4 Å². The Bertz CT molecular complexity index is 677. The maximum atomic E-state index is 13.1. The Morgan fingerprint density at radius 2 is 1.69 bits per heavy atom. The molecule has 0 amide bonds. The van der Waals surface area contributed by atoms with Gasteiger partial charge >= 0.3 is 0 Å². The summed E-state index contributed by atoms with van der Waals surface area (Å²) in [5, 5.41) is 10.6. The molecule has 0 spiro atoms. The van der Waals surface area contributed by atoms with Crippen LogP contribution >= 0.6 is 0 Å². The number of aliphatic hydroxyl groups excluding tert-OH is 1. The van der Waals surface area contributed by atoms with E-state index in [1.807, 2.05) is 24.5 Å². The van der Waals surface area contributed by atoms with Crippen LogP contribution in [0.25, 0.3) is 0 Å². The number of halogens is 1. The maximum absolute atomic E-state index is 13.1. The van der Waals surface area contributed by atoms with E-state index in [0.29, 0.717) is 11.8 Å². The average Bonchev–Trinajstić information content (AvgIpc) is 2.93. The number of nitrogens with zero attached hydrogens (tertiary/aromatic N) is 3. The van der Waals surface area contributed by atoms with Gasteiger partial charge in [0.1, 0.15) is 5.82 Å². The summed E-state index contributed by atoms with van der Waals surface area (Å²) in [7, 11) is 0. The zero-order chi connectivity index (χ0) is 17.9. The molecule has 140 valence electrons. The minimum absolute atomic E-state index is 0.205. The average molecular weight is 357 g/mol. The lowest BCUT2D eigenvalue weighted by Gasteiger charge is -2.44. The molecule has 4 nitrogen and oxygen atoms in total. The van der Waals surface area contributed by atoms with Gasteiger partial charge in [-0.2, -0.15) is 0 Å². The quantitative estimate of drug-likeness (QED) is 0.822. The summed E-state index contributed by atoms with van der Waals surface area (Å²) >= 11 is 0. The second-order valence-corrected chi connectivity index (χ2v) is 7.69. The van der Waals surface area contributed by atoms with Crippen LogP contribution in [0.3, 0.4) is 0 Å². The minimum atomic E-state index is -0.205. The second-order valence-electron chi connectivity index (χ2n) is 7.69. The molecule has 2 aliphatic heterocycles. The molecule has 1 aromatic rings. The van der Waals surface area contributed by atoms with E-state index in [2.05, 4.69) is 14.7 Å². The standard InChI is InChI=1S/C21H28FN3O/c22-18-9-7-17(8-10-18)13-23-11-12-24-16-25(15-21(26)20(24)14-23)19-5-3-1-2-4-6-19/h7-10,14-15,19,26H,1-6,11-13,16H2. The van der Waals surface area contributed by atoms with Gasteiger partial charge in [-0.15, -0.1) is 0 Å². The van der Waals surface area contributed by atoms with Crippen molar-refractivity contribution in [2.75, 3.05) is 19.8 Å². The monoisotopic (exact) mass is 357 g/mol. The zero-order valence-electron chi connectivity index (χ0n) is 15.3. The van der Waals surface area contributed by atoms with Crippen LogP contribution in [0.2, 0.25) is 0 Å². The largest absolute Gasteiger partial charge is 0.504 e. The molecule has 0 saturated heterocycles. The molecule has 26 heavy (non-hydrogen) atoms. The summed E-state index contributed by atoms with van der Waals surface area (Å²) in [4.78, 5) is 6.82. The fourth-order valence-electron chi connectivity index (χ4n) is 4.28. The number of fused-ring (bicyclic) bond motifs is 1. The molecule has 1 aromatic carbocycles. The number of hydrogen-bond donors (Lipinski definition) is 1. The predicted octanol–water partition coefficient (Wildman–Crippen LogP) is 4.18. The number of rotatable bonds is 3. The molecular weight excluding hydrogens is 329 g/mol. The third-order valence-corrected chi connectivity index (χ3v) is 5.78. The van der Waals surface area contributed by atoms with E-state index >= 15 is 0 Å². The molecule has 1 aliphatic carbocycles. The Labute approximate surface area is 155 Å². The van der Waals surface area contributed by atoms with Crippen LogP contribution < -0.4 is 0 Å². The van der Waals surface area contributed by atoms with Crippen molar-refractivity contribution in [1.82, 2.24) is 14.7 Å². The molecule has 0 atom stereocenters. The first kappa shape index (κ1) is 17.3. The van der Waals surface area contributed by atoms with Gasteiger partial charge in [0.15, 0.2) is 5.76 Å². The lowest BCUT2D eigenvalue weighted by molar-refractivity contribution is 0.104. The summed E-state index contributed by atoms with van der Waals surface area (Å²) in [6.07, 6.45) is 11.7. The molecule has 1 fully saturated rings. The topological polar surface area (TPSA) is 30.0 Å². The van der Waals surface area contributed by atoms with Crippen molar-refractivity contribution >= 4 is 0 Å². The van der Waals surface area contributed by atoms with E-state index in [4.69, 9.17) is 0 Å². The van der Waals surface area contributed by atoms with Gasteiger partial charge in [0.2, 0.25) is 0 Å². The molecule has 0 unspecified atom stereocenters. The van der Waals surface area contributed by atoms with Crippen LogP contribution in [0.5, 0.6) is 0 Å². The highest BCUT2D eigenvalue weighted by atomic mass is 19.1. The molecule has 0 aromatic heterocycles. The Hall–Kier alpha value is -2.17. The zero-order valence-corrected chi connectivity index (χ0v) is 15.3. The Morgan fingerprint density at radius 3 is 2.42 bits per heavy atom. The molecule has 3 aliphatic rings. The third-order valence-electron chi connectivity index (χ3n) is 5.78. The van der Waals surface area contributed by atoms with Crippen molar-refractivity contribution < 1.29 is 9.50 Å². The first-order chi connectivity index (χ1) is 12.7. The highest BCUT2D eigenvalue weighted by Gasteiger charge is 2.29. The second kappa shape index (κ2) is 7.60. The first-order valence-electron chi connectivity index (χ1n) is 9.81. The van der Waals surface area contributed by atoms with Gasteiger partial charge < -0.3 is 19.8 Å². The van der Waals surface area contributed by atoms with E-state index < -0.39 is 0 Å². The summed E-state index contributed by atoms with van der Waals surface area (Å²) in [6, 6.07) is 7.20. The van der Waals surface area contributed by atoms with Crippen molar-refractivity contribution in [3.8, 4) is 0 Å². The van der Waals surface area contributed by atoms with Gasteiger partial charge in [-0.25, -0.2) is 4.39 Å². The number of aliphatic hydroxyl groups is 1. The first-order valence-corrected chi connectivity index (χ1v) is 9.81. The predicted molar refractivity (Wildman–Crippen MR) is 101 cm³/mol. The molecule has 0 radical (unpaired) electrons. The molecular formula is C21H28FN3O. The molecule has 1 saturated carbocycles. The normalized spacial score (nSPS) is 21.8. The van der Waals surface area contributed by atoms with E-state index in [9.17, 15) is 9.50 Å². The summed E-state index contributed by atoms with van der Waals surface area (Å²) in [6.45, 7) is 3.41. The Morgan fingerprint density at radius 1 is 0.962 bits per heavy atom. The van der Waals surface area contributed by atoms with Crippen LogP contribution in [-0.2, 0) is 6.54 Å². The summed E-state index contributed by atoms with van der Waals surface area (Å²) in [5.74, 6) is 0.160. The molecule has 5 heteroatoms. The minimum Gasteiger partial charge on any atom is -0.504 e. The number of hydrogen-bond acceptors (Lipinski definition) is 4. The van der Waals surface area contributed by atoms with E-state index in [1.165, 1.54) is 50.7 Å².